The molecule has 1 saturated heterocycles. The fourth-order valence-corrected chi connectivity index (χ4v) is 3.04. The third kappa shape index (κ3) is 4.59. The van der Waals surface area contributed by atoms with Gasteiger partial charge in [-0.1, -0.05) is 27.2 Å². The lowest BCUT2D eigenvalue weighted by Crippen LogP contribution is -2.51. The molecule has 0 aromatic rings. The second-order valence-electron chi connectivity index (χ2n) is 5.62. The summed E-state index contributed by atoms with van der Waals surface area (Å²) in [5.74, 6) is 0.940. The van der Waals surface area contributed by atoms with E-state index in [1.165, 1.54) is 45.2 Å². The third-order valence-corrected chi connectivity index (χ3v) is 4.38. The molecule has 1 N–H and O–H groups in total. The van der Waals surface area contributed by atoms with Crippen molar-refractivity contribution in [2.24, 2.45) is 5.92 Å². The molecular weight excluding hydrogens is 208 g/mol. The SMILES string of the molecule is CCCNC(CC)C(C)N1CCCC(CC)C1. The van der Waals surface area contributed by atoms with Gasteiger partial charge in [-0.3, -0.25) is 4.90 Å². The van der Waals surface area contributed by atoms with Crippen LogP contribution in [0, 0.1) is 5.92 Å². The zero-order valence-electron chi connectivity index (χ0n) is 12.3. The molecule has 2 heteroatoms. The number of nitrogens with one attached hydrogen (secondary N) is 1. The summed E-state index contributed by atoms with van der Waals surface area (Å²) >= 11 is 0. The molecule has 0 aliphatic carbocycles. The van der Waals surface area contributed by atoms with Crippen LogP contribution in [0.1, 0.15) is 59.8 Å². The Morgan fingerprint density at radius 2 is 2.06 bits per heavy atom. The largest absolute Gasteiger partial charge is 0.312 e. The summed E-state index contributed by atoms with van der Waals surface area (Å²) in [5, 5.41) is 3.71. The van der Waals surface area contributed by atoms with Gasteiger partial charge in [0.15, 0.2) is 0 Å². The molecular formula is C15H32N2. The van der Waals surface area contributed by atoms with Crippen LogP contribution in [0.5, 0.6) is 0 Å². The highest BCUT2D eigenvalue weighted by Crippen LogP contribution is 2.22. The van der Waals surface area contributed by atoms with Crippen LogP contribution in [0.25, 0.3) is 0 Å². The zero-order valence-corrected chi connectivity index (χ0v) is 12.3. The highest BCUT2D eigenvalue weighted by atomic mass is 15.2. The van der Waals surface area contributed by atoms with Crippen molar-refractivity contribution in [1.82, 2.24) is 10.2 Å². The van der Waals surface area contributed by atoms with Crippen molar-refractivity contribution in [3.63, 3.8) is 0 Å². The van der Waals surface area contributed by atoms with Gasteiger partial charge in [0.05, 0.1) is 0 Å². The number of hydrogen-bond acceptors (Lipinski definition) is 2. The number of likely N-dealkylation sites (tertiary alicyclic amines) is 1. The first-order chi connectivity index (χ1) is 8.22. The molecule has 0 bridgehead atoms. The van der Waals surface area contributed by atoms with Gasteiger partial charge in [-0.25, -0.2) is 0 Å². The monoisotopic (exact) mass is 240 g/mol. The lowest BCUT2D eigenvalue weighted by molar-refractivity contribution is 0.105. The third-order valence-electron chi connectivity index (χ3n) is 4.38. The number of hydrogen-bond donors (Lipinski definition) is 1. The lowest BCUT2D eigenvalue weighted by atomic mass is 9.93. The Morgan fingerprint density at radius 3 is 2.65 bits per heavy atom. The molecule has 102 valence electrons. The van der Waals surface area contributed by atoms with Crippen molar-refractivity contribution >= 4 is 0 Å². The Labute approximate surface area is 108 Å². The van der Waals surface area contributed by atoms with Crippen molar-refractivity contribution in [3.05, 3.63) is 0 Å². The summed E-state index contributed by atoms with van der Waals surface area (Å²) in [6.45, 7) is 13.1. The van der Waals surface area contributed by atoms with Gasteiger partial charge in [0.25, 0.3) is 0 Å². The molecule has 0 spiro atoms. The van der Waals surface area contributed by atoms with Crippen molar-refractivity contribution in [1.29, 1.82) is 0 Å². The average molecular weight is 240 g/mol. The van der Waals surface area contributed by atoms with E-state index >= 15 is 0 Å². The Balaban J connectivity index is 2.45. The van der Waals surface area contributed by atoms with E-state index in [-0.39, 0.29) is 0 Å². The second-order valence-corrected chi connectivity index (χ2v) is 5.62. The maximum atomic E-state index is 3.71. The van der Waals surface area contributed by atoms with Crippen LogP contribution < -0.4 is 5.32 Å². The summed E-state index contributed by atoms with van der Waals surface area (Å²) < 4.78 is 0. The first-order valence-corrected chi connectivity index (χ1v) is 7.70. The van der Waals surface area contributed by atoms with Gasteiger partial charge in [-0.15, -0.1) is 0 Å². The summed E-state index contributed by atoms with van der Waals surface area (Å²) in [5.41, 5.74) is 0. The molecule has 0 saturated carbocycles. The highest BCUT2D eigenvalue weighted by Gasteiger charge is 2.26. The predicted molar refractivity (Wildman–Crippen MR) is 76.4 cm³/mol. The predicted octanol–water partition coefficient (Wildman–Crippen LogP) is 3.28. The second kappa shape index (κ2) is 8.10. The van der Waals surface area contributed by atoms with Crippen LogP contribution in [-0.2, 0) is 0 Å². The van der Waals surface area contributed by atoms with Gasteiger partial charge in [0.2, 0.25) is 0 Å². The Kier molecular flexibility index (Phi) is 7.14. The van der Waals surface area contributed by atoms with Crippen molar-refractivity contribution < 1.29 is 0 Å². The summed E-state index contributed by atoms with van der Waals surface area (Å²) in [7, 11) is 0. The van der Waals surface area contributed by atoms with E-state index < -0.39 is 0 Å². The Hall–Kier alpha value is -0.0800. The molecule has 17 heavy (non-hydrogen) atoms. The first kappa shape index (κ1) is 15.0. The van der Waals surface area contributed by atoms with Gasteiger partial charge in [0, 0.05) is 18.6 Å². The van der Waals surface area contributed by atoms with Gasteiger partial charge in [-0.05, 0) is 51.6 Å². The molecule has 0 aromatic heterocycles. The van der Waals surface area contributed by atoms with Crippen LogP contribution in [0.2, 0.25) is 0 Å². The quantitative estimate of drug-likeness (QED) is 0.735. The molecule has 1 rings (SSSR count). The van der Waals surface area contributed by atoms with E-state index in [4.69, 9.17) is 0 Å². The lowest BCUT2D eigenvalue weighted by Gasteiger charge is -2.40. The van der Waals surface area contributed by atoms with Gasteiger partial charge < -0.3 is 5.32 Å². The Bertz CT molecular complexity index is 193. The van der Waals surface area contributed by atoms with E-state index in [0.717, 1.165) is 12.5 Å². The number of piperidine rings is 1. The minimum atomic E-state index is 0.672. The van der Waals surface area contributed by atoms with E-state index in [9.17, 15) is 0 Å². The van der Waals surface area contributed by atoms with Gasteiger partial charge in [-0.2, -0.15) is 0 Å². The summed E-state index contributed by atoms with van der Waals surface area (Å²) in [6.07, 6.45) is 6.67. The smallest absolute Gasteiger partial charge is 0.0221 e. The highest BCUT2D eigenvalue weighted by molar-refractivity contribution is 4.84. The summed E-state index contributed by atoms with van der Waals surface area (Å²) in [6, 6.07) is 1.37. The molecule has 2 nitrogen and oxygen atoms in total. The minimum Gasteiger partial charge on any atom is -0.312 e. The molecule has 3 unspecified atom stereocenters. The van der Waals surface area contributed by atoms with Crippen LogP contribution in [0.4, 0.5) is 0 Å². The van der Waals surface area contributed by atoms with Gasteiger partial charge >= 0.3 is 0 Å². The first-order valence-electron chi connectivity index (χ1n) is 7.70. The van der Waals surface area contributed by atoms with E-state index in [0.29, 0.717) is 12.1 Å². The van der Waals surface area contributed by atoms with E-state index in [2.05, 4.69) is 37.9 Å². The van der Waals surface area contributed by atoms with Crippen LogP contribution in [0.15, 0.2) is 0 Å². The molecule has 1 fully saturated rings. The zero-order chi connectivity index (χ0) is 12.7. The minimum absolute atomic E-state index is 0.672. The van der Waals surface area contributed by atoms with Crippen molar-refractivity contribution in [2.45, 2.75) is 71.9 Å². The fourth-order valence-electron chi connectivity index (χ4n) is 3.04. The maximum absolute atomic E-state index is 3.71. The normalized spacial score (nSPS) is 25.8. The summed E-state index contributed by atoms with van der Waals surface area (Å²) in [4.78, 5) is 2.72. The molecule has 1 aliphatic rings. The molecule has 3 atom stereocenters. The average Bonchev–Trinajstić information content (AvgIpc) is 2.39. The standard InChI is InChI=1S/C15H32N2/c1-5-10-16-15(7-3)13(4)17-11-8-9-14(6-2)12-17/h13-16H,5-12H2,1-4H3. The van der Waals surface area contributed by atoms with Crippen LogP contribution in [0.3, 0.4) is 0 Å². The molecule has 1 heterocycles. The molecule has 0 radical (unpaired) electrons. The van der Waals surface area contributed by atoms with Crippen molar-refractivity contribution in [3.8, 4) is 0 Å². The van der Waals surface area contributed by atoms with Crippen molar-refractivity contribution in [2.75, 3.05) is 19.6 Å². The number of rotatable bonds is 7. The van der Waals surface area contributed by atoms with E-state index in [1.807, 2.05) is 0 Å². The van der Waals surface area contributed by atoms with Gasteiger partial charge in [0.1, 0.15) is 0 Å². The maximum Gasteiger partial charge on any atom is 0.0221 e. The number of nitrogens with zero attached hydrogens (tertiary/aromatic N) is 1. The van der Waals surface area contributed by atoms with Crippen LogP contribution >= 0.6 is 0 Å². The Morgan fingerprint density at radius 1 is 1.29 bits per heavy atom. The molecule has 0 amide bonds. The fraction of sp³-hybridized carbons (Fsp3) is 1.00. The molecule has 1 aliphatic heterocycles. The topological polar surface area (TPSA) is 15.3 Å². The van der Waals surface area contributed by atoms with Crippen LogP contribution in [-0.4, -0.2) is 36.6 Å². The molecule has 0 aromatic carbocycles. The van der Waals surface area contributed by atoms with E-state index in [1.54, 1.807) is 0 Å².